The Balaban J connectivity index is 2.44. The maximum Gasteiger partial charge on any atom is 0.410 e. The van der Waals surface area contributed by atoms with Crippen molar-refractivity contribution in [3.8, 4) is 5.75 Å². The summed E-state index contributed by atoms with van der Waals surface area (Å²) in [7, 11) is 1.69. The molecule has 0 bridgehead atoms. The van der Waals surface area contributed by atoms with Gasteiger partial charge in [-0.25, -0.2) is 4.79 Å². The third-order valence-electron chi connectivity index (χ3n) is 2.94. The van der Waals surface area contributed by atoms with Crippen LogP contribution in [0.4, 0.5) is 4.79 Å². The quantitative estimate of drug-likeness (QED) is 0.907. The maximum atomic E-state index is 11.8. The van der Waals surface area contributed by atoms with Crippen molar-refractivity contribution in [3.05, 3.63) is 29.3 Å². The first-order chi connectivity index (χ1) is 9.73. The first-order valence-electron chi connectivity index (χ1n) is 7.09. The van der Waals surface area contributed by atoms with E-state index >= 15 is 0 Å². The number of carbonyl (C=O) groups is 1. The number of likely N-dealkylation sites (N-methyl/N-ethyl adjacent to an activating group) is 1. The SMILES string of the molecule is Cc1ccc(OCCN(C)C(=O)OC(C)(C)C)cc1CN. The lowest BCUT2D eigenvalue weighted by atomic mass is 10.1. The van der Waals surface area contributed by atoms with Crippen LogP contribution in [0.2, 0.25) is 0 Å². The molecule has 5 heteroatoms. The van der Waals surface area contributed by atoms with E-state index in [2.05, 4.69) is 0 Å². The number of aryl methyl sites for hydroxylation is 1. The average molecular weight is 294 g/mol. The molecule has 5 nitrogen and oxygen atoms in total. The van der Waals surface area contributed by atoms with Gasteiger partial charge in [0.15, 0.2) is 0 Å². The fourth-order valence-corrected chi connectivity index (χ4v) is 1.69. The first-order valence-corrected chi connectivity index (χ1v) is 7.09. The molecule has 0 aromatic heterocycles. The summed E-state index contributed by atoms with van der Waals surface area (Å²) in [4.78, 5) is 13.3. The molecule has 0 spiro atoms. The molecule has 0 aliphatic rings. The van der Waals surface area contributed by atoms with Gasteiger partial charge in [-0.15, -0.1) is 0 Å². The lowest BCUT2D eigenvalue weighted by Gasteiger charge is -2.24. The molecular weight excluding hydrogens is 268 g/mol. The van der Waals surface area contributed by atoms with Crippen molar-refractivity contribution in [1.82, 2.24) is 4.90 Å². The number of amides is 1. The number of rotatable bonds is 5. The fourth-order valence-electron chi connectivity index (χ4n) is 1.69. The van der Waals surface area contributed by atoms with E-state index in [-0.39, 0.29) is 6.09 Å². The predicted octanol–water partition coefficient (Wildman–Crippen LogP) is 2.70. The smallest absolute Gasteiger partial charge is 0.410 e. The minimum Gasteiger partial charge on any atom is -0.492 e. The van der Waals surface area contributed by atoms with Crippen molar-refractivity contribution < 1.29 is 14.3 Å². The Hall–Kier alpha value is -1.75. The average Bonchev–Trinajstić information content (AvgIpc) is 2.38. The Labute approximate surface area is 127 Å². The molecule has 1 amide bonds. The Morgan fingerprint density at radius 3 is 2.57 bits per heavy atom. The number of carbonyl (C=O) groups excluding carboxylic acids is 1. The molecule has 0 saturated heterocycles. The van der Waals surface area contributed by atoms with Crippen LogP contribution in [0.25, 0.3) is 0 Å². The van der Waals surface area contributed by atoms with Crippen LogP contribution in [-0.4, -0.2) is 36.8 Å². The molecule has 0 unspecified atom stereocenters. The van der Waals surface area contributed by atoms with Gasteiger partial charge in [0, 0.05) is 13.6 Å². The molecule has 0 aliphatic heterocycles. The molecule has 0 atom stereocenters. The number of nitrogens with zero attached hydrogens (tertiary/aromatic N) is 1. The Morgan fingerprint density at radius 2 is 2.00 bits per heavy atom. The van der Waals surface area contributed by atoms with Crippen LogP contribution in [-0.2, 0) is 11.3 Å². The van der Waals surface area contributed by atoms with Crippen molar-refractivity contribution in [2.75, 3.05) is 20.2 Å². The van der Waals surface area contributed by atoms with Gasteiger partial charge in [0.25, 0.3) is 0 Å². The minimum absolute atomic E-state index is 0.349. The highest BCUT2D eigenvalue weighted by atomic mass is 16.6. The van der Waals surface area contributed by atoms with Gasteiger partial charge >= 0.3 is 6.09 Å². The third kappa shape index (κ3) is 6.04. The lowest BCUT2D eigenvalue weighted by molar-refractivity contribution is 0.0278. The lowest BCUT2D eigenvalue weighted by Crippen LogP contribution is -2.36. The van der Waals surface area contributed by atoms with Crippen molar-refractivity contribution >= 4 is 6.09 Å². The summed E-state index contributed by atoms with van der Waals surface area (Å²) < 4.78 is 10.9. The molecule has 0 heterocycles. The fraction of sp³-hybridized carbons (Fsp3) is 0.562. The summed E-state index contributed by atoms with van der Waals surface area (Å²) in [6.07, 6.45) is -0.349. The van der Waals surface area contributed by atoms with Crippen LogP contribution in [0.1, 0.15) is 31.9 Å². The van der Waals surface area contributed by atoms with E-state index in [0.717, 1.165) is 16.9 Å². The number of nitrogens with two attached hydrogens (primary N) is 1. The van der Waals surface area contributed by atoms with Crippen molar-refractivity contribution in [2.45, 2.75) is 39.8 Å². The molecule has 0 radical (unpaired) electrons. The number of ether oxygens (including phenoxy) is 2. The summed E-state index contributed by atoms with van der Waals surface area (Å²) in [6, 6.07) is 5.82. The molecule has 0 aliphatic carbocycles. The van der Waals surface area contributed by atoms with Gasteiger partial charge in [0.1, 0.15) is 18.0 Å². The van der Waals surface area contributed by atoms with Gasteiger partial charge in [-0.3, -0.25) is 0 Å². The molecule has 21 heavy (non-hydrogen) atoms. The van der Waals surface area contributed by atoms with E-state index in [1.54, 1.807) is 7.05 Å². The van der Waals surface area contributed by atoms with E-state index < -0.39 is 5.60 Å². The van der Waals surface area contributed by atoms with Crippen molar-refractivity contribution in [2.24, 2.45) is 5.73 Å². The molecular formula is C16H26N2O3. The largest absolute Gasteiger partial charge is 0.492 e. The molecule has 1 aromatic carbocycles. The summed E-state index contributed by atoms with van der Waals surface area (Å²) in [5, 5.41) is 0. The summed E-state index contributed by atoms with van der Waals surface area (Å²) in [5.41, 5.74) is 7.39. The zero-order valence-electron chi connectivity index (χ0n) is 13.6. The second-order valence-electron chi connectivity index (χ2n) is 6.04. The zero-order chi connectivity index (χ0) is 16.0. The summed E-state index contributed by atoms with van der Waals surface area (Å²) in [6.45, 7) is 8.90. The van der Waals surface area contributed by atoms with Gasteiger partial charge in [-0.2, -0.15) is 0 Å². The molecule has 0 fully saturated rings. The molecule has 0 saturated carbocycles. The van der Waals surface area contributed by atoms with Gasteiger partial charge in [0.2, 0.25) is 0 Å². The predicted molar refractivity (Wildman–Crippen MR) is 83.4 cm³/mol. The molecule has 2 N–H and O–H groups in total. The monoisotopic (exact) mass is 294 g/mol. The van der Waals surface area contributed by atoms with Crippen LogP contribution in [0.15, 0.2) is 18.2 Å². The van der Waals surface area contributed by atoms with Gasteiger partial charge in [0.05, 0.1) is 6.54 Å². The first kappa shape index (κ1) is 17.3. The second kappa shape index (κ2) is 7.31. The van der Waals surface area contributed by atoms with E-state index in [9.17, 15) is 4.79 Å². The van der Waals surface area contributed by atoms with Gasteiger partial charge < -0.3 is 20.1 Å². The van der Waals surface area contributed by atoms with Crippen LogP contribution in [0.3, 0.4) is 0 Å². The highest BCUT2D eigenvalue weighted by Crippen LogP contribution is 2.17. The second-order valence-corrected chi connectivity index (χ2v) is 6.04. The normalized spacial score (nSPS) is 11.1. The van der Waals surface area contributed by atoms with Gasteiger partial charge in [-0.1, -0.05) is 6.07 Å². The van der Waals surface area contributed by atoms with Crippen LogP contribution < -0.4 is 10.5 Å². The van der Waals surface area contributed by atoms with Crippen LogP contribution >= 0.6 is 0 Å². The molecule has 118 valence electrons. The Morgan fingerprint density at radius 1 is 1.33 bits per heavy atom. The van der Waals surface area contributed by atoms with Crippen molar-refractivity contribution in [1.29, 1.82) is 0 Å². The van der Waals surface area contributed by atoms with E-state index in [1.165, 1.54) is 4.90 Å². The molecule has 1 aromatic rings. The minimum atomic E-state index is -0.487. The standard InChI is InChI=1S/C16H26N2O3/c1-12-6-7-14(10-13(12)11-17)20-9-8-18(5)15(19)21-16(2,3)4/h6-7,10H,8-9,11,17H2,1-5H3. The number of hydrogen-bond acceptors (Lipinski definition) is 4. The third-order valence-corrected chi connectivity index (χ3v) is 2.94. The highest BCUT2D eigenvalue weighted by Gasteiger charge is 2.19. The summed E-state index contributed by atoms with van der Waals surface area (Å²) >= 11 is 0. The van der Waals surface area contributed by atoms with Crippen LogP contribution in [0, 0.1) is 6.92 Å². The number of hydrogen-bond donors (Lipinski definition) is 1. The summed E-state index contributed by atoms with van der Waals surface area (Å²) in [5.74, 6) is 0.763. The Bertz CT molecular complexity index is 481. The highest BCUT2D eigenvalue weighted by molar-refractivity contribution is 5.67. The van der Waals surface area contributed by atoms with E-state index in [1.807, 2.05) is 45.9 Å². The van der Waals surface area contributed by atoms with Crippen molar-refractivity contribution in [3.63, 3.8) is 0 Å². The Kier molecular flexibility index (Phi) is 6.03. The van der Waals surface area contributed by atoms with E-state index in [0.29, 0.717) is 19.7 Å². The molecule has 1 rings (SSSR count). The topological polar surface area (TPSA) is 64.8 Å². The van der Waals surface area contributed by atoms with Crippen LogP contribution in [0.5, 0.6) is 5.75 Å². The number of benzene rings is 1. The zero-order valence-corrected chi connectivity index (χ0v) is 13.6. The van der Waals surface area contributed by atoms with E-state index in [4.69, 9.17) is 15.2 Å². The maximum absolute atomic E-state index is 11.8. The van der Waals surface area contributed by atoms with Gasteiger partial charge in [-0.05, 0) is 51.0 Å².